The van der Waals surface area contributed by atoms with Gasteiger partial charge in [0.15, 0.2) is 6.29 Å². The number of nitrogens with zero attached hydrogens (tertiary/aromatic N) is 3. The number of halogens is 1. The fraction of sp³-hybridized carbons (Fsp3) is 0.154. The lowest BCUT2D eigenvalue weighted by molar-refractivity contribution is 0.111. The summed E-state index contributed by atoms with van der Waals surface area (Å²) in [6.07, 6.45) is 4.23. The average Bonchev–Trinajstić information content (AvgIpc) is 2.76. The smallest absolute Gasteiger partial charge is 0.169 e. The van der Waals surface area contributed by atoms with E-state index < -0.39 is 0 Å². The van der Waals surface area contributed by atoms with E-state index in [1.807, 2.05) is 17.7 Å². The standard InChI is InChI=1S/C13H12ClN3O/c1-9(2)5-17-6-11(15-8-17)10-3-4-13(14)16-12(10)7-18/h3-4,6-8H,1,5H2,2H3. The Balaban J connectivity index is 2.39. The summed E-state index contributed by atoms with van der Waals surface area (Å²) in [5, 5.41) is 0.294. The lowest BCUT2D eigenvalue weighted by Crippen LogP contribution is -1.94. The molecule has 0 amide bonds. The zero-order valence-corrected chi connectivity index (χ0v) is 10.7. The third-order valence-electron chi connectivity index (χ3n) is 2.36. The van der Waals surface area contributed by atoms with Gasteiger partial charge < -0.3 is 4.57 Å². The van der Waals surface area contributed by atoms with Gasteiger partial charge in [0.2, 0.25) is 0 Å². The molecular weight excluding hydrogens is 250 g/mol. The van der Waals surface area contributed by atoms with Gasteiger partial charge in [-0.1, -0.05) is 23.8 Å². The molecule has 0 aromatic carbocycles. The van der Waals surface area contributed by atoms with Crippen LogP contribution in [-0.2, 0) is 6.54 Å². The third kappa shape index (κ3) is 2.65. The molecule has 18 heavy (non-hydrogen) atoms. The fourth-order valence-corrected chi connectivity index (χ4v) is 1.81. The average molecular weight is 262 g/mol. The van der Waals surface area contributed by atoms with Gasteiger partial charge in [0, 0.05) is 18.3 Å². The predicted octanol–water partition coefficient (Wildman–Crippen LogP) is 2.99. The molecule has 2 rings (SSSR count). The highest BCUT2D eigenvalue weighted by Crippen LogP contribution is 2.21. The lowest BCUT2D eigenvalue weighted by Gasteiger charge is -2.01. The Bertz CT molecular complexity index is 604. The van der Waals surface area contributed by atoms with Crippen LogP contribution in [0.15, 0.2) is 36.8 Å². The monoisotopic (exact) mass is 261 g/mol. The first kappa shape index (κ1) is 12.5. The highest BCUT2D eigenvalue weighted by Gasteiger charge is 2.09. The van der Waals surface area contributed by atoms with E-state index in [9.17, 15) is 4.79 Å². The van der Waals surface area contributed by atoms with Crippen molar-refractivity contribution in [2.75, 3.05) is 0 Å². The van der Waals surface area contributed by atoms with Crippen molar-refractivity contribution in [1.82, 2.24) is 14.5 Å². The Morgan fingerprint density at radius 2 is 2.33 bits per heavy atom. The molecule has 0 fully saturated rings. The summed E-state index contributed by atoms with van der Waals surface area (Å²) in [5.74, 6) is 0. The number of aromatic nitrogens is 3. The third-order valence-corrected chi connectivity index (χ3v) is 2.57. The highest BCUT2D eigenvalue weighted by atomic mass is 35.5. The Kier molecular flexibility index (Phi) is 3.58. The molecule has 0 bridgehead atoms. The summed E-state index contributed by atoms with van der Waals surface area (Å²) in [7, 11) is 0. The minimum Gasteiger partial charge on any atom is -0.333 e. The zero-order chi connectivity index (χ0) is 13.1. The number of carbonyl (C=O) groups is 1. The van der Waals surface area contributed by atoms with Gasteiger partial charge in [-0.2, -0.15) is 0 Å². The summed E-state index contributed by atoms with van der Waals surface area (Å²) >= 11 is 5.75. The molecule has 0 unspecified atom stereocenters. The molecule has 0 spiro atoms. The Hall–Kier alpha value is -1.94. The summed E-state index contributed by atoms with van der Waals surface area (Å²) in [6.45, 7) is 6.49. The van der Waals surface area contributed by atoms with Crippen LogP contribution in [0.5, 0.6) is 0 Å². The summed E-state index contributed by atoms with van der Waals surface area (Å²) in [4.78, 5) is 19.2. The van der Waals surface area contributed by atoms with E-state index in [0.29, 0.717) is 34.9 Å². The van der Waals surface area contributed by atoms with Crippen molar-refractivity contribution in [1.29, 1.82) is 0 Å². The van der Waals surface area contributed by atoms with Gasteiger partial charge in [-0.05, 0) is 19.1 Å². The van der Waals surface area contributed by atoms with E-state index in [1.165, 1.54) is 0 Å². The zero-order valence-electron chi connectivity index (χ0n) is 9.93. The maximum absolute atomic E-state index is 11.0. The second-order valence-corrected chi connectivity index (χ2v) is 4.46. The van der Waals surface area contributed by atoms with Crippen LogP contribution in [0.25, 0.3) is 11.3 Å². The number of hydrogen-bond donors (Lipinski definition) is 0. The number of rotatable bonds is 4. The molecule has 0 radical (unpaired) electrons. The van der Waals surface area contributed by atoms with Gasteiger partial charge in [0.05, 0.1) is 12.0 Å². The van der Waals surface area contributed by atoms with E-state index in [4.69, 9.17) is 11.6 Å². The first-order chi connectivity index (χ1) is 8.60. The SMILES string of the molecule is C=C(C)Cn1cnc(-c2ccc(Cl)nc2C=O)c1. The van der Waals surface area contributed by atoms with Crippen LogP contribution in [0.2, 0.25) is 5.15 Å². The van der Waals surface area contributed by atoms with Crippen molar-refractivity contribution in [3.8, 4) is 11.3 Å². The van der Waals surface area contributed by atoms with Gasteiger partial charge >= 0.3 is 0 Å². The van der Waals surface area contributed by atoms with Crippen molar-refractivity contribution in [2.24, 2.45) is 0 Å². The molecule has 2 heterocycles. The molecule has 0 saturated carbocycles. The van der Waals surface area contributed by atoms with Crippen LogP contribution in [0.1, 0.15) is 17.4 Å². The maximum atomic E-state index is 11.0. The predicted molar refractivity (Wildman–Crippen MR) is 70.7 cm³/mol. The van der Waals surface area contributed by atoms with Crippen LogP contribution < -0.4 is 0 Å². The molecule has 4 nitrogen and oxygen atoms in total. The number of aldehydes is 1. The van der Waals surface area contributed by atoms with Crippen molar-refractivity contribution in [2.45, 2.75) is 13.5 Å². The van der Waals surface area contributed by atoms with Gasteiger partial charge in [0.25, 0.3) is 0 Å². The molecular formula is C13H12ClN3O. The second kappa shape index (κ2) is 5.14. The molecule has 2 aromatic rings. The van der Waals surface area contributed by atoms with Gasteiger partial charge in [0.1, 0.15) is 10.8 Å². The van der Waals surface area contributed by atoms with Crippen molar-refractivity contribution in [3.05, 3.63) is 47.7 Å². The van der Waals surface area contributed by atoms with E-state index in [1.54, 1.807) is 18.5 Å². The number of imidazole rings is 1. The summed E-state index contributed by atoms with van der Waals surface area (Å²) in [6, 6.07) is 3.38. The second-order valence-electron chi connectivity index (χ2n) is 4.07. The molecule has 0 aliphatic heterocycles. The quantitative estimate of drug-likeness (QED) is 0.483. The molecule has 0 aliphatic rings. The van der Waals surface area contributed by atoms with E-state index in [0.717, 1.165) is 5.57 Å². The number of pyridine rings is 1. The van der Waals surface area contributed by atoms with Crippen LogP contribution >= 0.6 is 11.6 Å². The molecule has 0 saturated heterocycles. The van der Waals surface area contributed by atoms with Crippen LogP contribution in [-0.4, -0.2) is 20.8 Å². The maximum Gasteiger partial charge on any atom is 0.169 e. The van der Waals surface area contributed by atoms with Gasteiger partial charge in [-0.25, -0.2) is 9.97 Å². The van der Waals surface area contributed by atoms with E-state index in [2.05, 4.69) is 16.5 Å². The molecule has 0 N–H and O–H groups in total. The van der Waals surface area contributed by atoms with Gasteiger partial charge in [-0.3, -0.25) is 4.79 Å². The molecule has 5 heteroatoms. The van der Waals surface area contributed by atoms with Crippen LogP contribution in [0.3, 0.4) is 0 Å². The van der Waals surface area contributed by atoms with Crippen molar-refractivity contribution < 1.29 is 4.79 Å². The van der Waals surface area contributed by atoms with Gasteiger partial charge in [-0.15, -0.1) is 0 Å². The molecule has 0 atom stereocenters. The molecule has 92 valence electrons. The topological polar surface area (TPSA) is 47.8 Å². The largest absolute Gasteiger partial charge is 0.333 e. The number of allylic oxidation sites excluding steroid dienone is 1. The van der Waals surface area contributed by atoms with E-state index >= 15 is 0 Å². The molecule has 2 aromatic heterocycles. The summed E-state index contributed by atoms with van der Waals surface area (Å²) < 4.78 is 1.90. The van der Waals surface area contributed by atoms with Crippen molar-refractivity contribution >= 4 is 17.9 Å². The normalized spacial score (nSPS) is 10.3. The number of hydrogen-bond acceptors (Lipinski definition) is 3. The highest BCUT2D eigenvalue weighted by molar-refractivity contribution is 6.29. The fourth-order valence-electron chi connectivity index (χ4n) is 1.65. The Labute approximate surface area is 110 Å². The van der Waals surface area contributed by atoms with Crippen LogP contribution in [0, 0.1) is 0 Å². The minimum atomic E-state index is 0.294. The van der Waals surface area contributed by atoms with Crippen molar-refractivity contribution in [3.63, 3.8) is 0 Å². The Morgan fingerprint density at radius 1 is 1.56 bits per heavy atom. The Morgan fingerprint density at radius 3 is 3.00 bits per heavy atom. The minimum absolute atomic E-state index is 0.294. The molecule has 0 aliphatic carbocycles. The van der Waals surface area contributed by atoms with E-state index in [-0.39, 0.29) is 0 Å². The van der Waals surface area contributed by atoms with Crippen LogP contribution in [0.4, 0.5) is 0 Å². The first-order valence-electron chi connectivity index (χ1n) is 5.38. The number of carbonyl (C=O) groups excluding carboxylic acids is 1. The lowest BCUT2D eigenvalue weighted by atomic mass is 10.1. The summed E-state index contributed by atoms with van der Waals surface area (Å²) in [5.41, 5.74) is 2.70. The first-order valence-corrected chi connectivity index (χ1v) is 5.76.